The van der Waals surface area contributed by atoms with Crippen molar-refractivity contribution in [1.82, 2.24) is 14.9 Å². The molecule has 1 aliphatic heterocycles. The number of para-hydroxylation sites is 2. The second-order valence-corrected chi connectivity index (χ2v) is 8.65. The fraction of sp³-hybridized carbons (Fsp3) is 0.542. The van der Waals surface area contributed by atoms with Gasteiger partial charge in [-0.15, -0.1) is 0 Å². The van der Waals surface area contributed by atoms with Gasteiger partial charge in [0, 0.05) is 18.0 Å². The number of benzene rings is 1. The van der Waals surface area contributed by atoms with Crippen molar-refractivity contribution in [3.63, 3.8) is 0 Å². The van der Waals surface area contributed by atoms with Gasteiger partial charge in [-0.3, -0.25) is 0 Å². The summed E-state index contributed by atoms with van der Waals surface area (Å²) in [6.45, 7) is 17.8. The molecule has 0 aliphatic carbocycles. The number of hydrogen-bond acceptors (Lipinski definition) is 2. The van der Waals surface area contributed by atoms with Crippen LogP contribution in [0.15, 0.2) is 48.2 Å². The van der Waals surface area contributed by atoms with Gasteiger partial charge < -0.3 is 9.88 Å². The van der Waals surface area contributed by atoms with E-state index in [1.54, 1.807) is 0 Å². The van der Waals surface area contributed by atoms with Crippen molar-refractivity contribution in [2.24, 2.45) is 11.8 Å². The summed E-state index contributed by atoms with van der Waals surface area (Å²) in [6.07, 6.45) is 6.37. The first-order chi connectivity index (χ1) is 12.7. The van der Waals surface area contributed by atoms with Crippen LogP contribution in [0.25, 0.3) is 11.0 Å². The van der Waals surface area contributed by atoms with Crippen LogP contribution in [-0.2, 0) is 0 Å². The van der Waals surface area contributed by atoms with Crippen LogP contribution >= 0.6 is 0 Å². The van der Waals surface area contributed by atoms with Crippen LogP contribution in [0.2, 0.25) is 0 Å². The molecule has 1 unspecified atom stereocenters. The highest BCUT2D eigenvalue weighted by atomic mass is 15.1. The molecule has 1 aliphatic rings. The molecule has 1 aromatic heterocycles. The molecule has 2 heterocycles. The Labute approximate surface area is 165 Å². The lowest BCUT2D eigenvalue weighted by Crippen LogP contribution is -2.35. The molecule has 0 amide bonds. The standard InChI is InChI=1S/C13H18N2.C11H19N/c1-9(2)13-14-11-7-5-6-8-12(11)15(13)10(3)4;1-8(2)10-6-5-7-12-11(10)9(3)4/h5-10H,1-4H3;5-9,11-12H,1-4H3. The Hall–Kier alpha value is -2.03. The summed E-state index contributed by atoms with van der Waals surface area (Å²) in [5, 5.41) is 3.40. The fourth-order valence-corrected chi connectivity index (χ4v) is 3.66. The number of nitrogens with zero attached hydrogens (tertiary/aromatic N) is 2. The molecule has 0 radical (unpaired) electrons. The minimum absolute atomic E-state index is 0.467. The highest BCUT2D eigenvalue weighted by Crippen LogP contribution is 2.25. The van der Waals surface area contributed by atoms with Gasteiger partial charge in [0.25, 0.3) is 0 Å². The number of hydrogen-bond donors (Lipinski definition) is 1. The molecular formula is C24H37N3. The average Bonchev–Trinajstić information content (AvgIpc) is 3.02. The molecule has 3 rings (SSSR count). The van der Waals surface area contributed by atoms with Crippen LogP contribution < -0.4 is 5.32 Å². The Morgan fingerprint density at radius 2 is 1.59 bits per heavy atom. The monoisotopic (exact) mass is 367 g/mol. The Bertz CT molecular complexity index is 791. The first kappa shape index (κ1) is 21.3. The number of rotatable bonds is 4. The molecule has 2 aromatic rings. The smallest absolute Gasteiger partial charge is 0.112 e. The van der Waals surface area contributed by atoms with Gasteiger partial charge in [-0.25, -0.2) is 4.98 Å². The summed E-state index contributed by atoms with van der Waals surface area (Å²) in [6, 6.07) is 9.36. The van der Waals surface area contributed by atoms with E-state index in [1.807, 2.05) is 12.3 Å². The number of nitrogens with one attached hydrogen (secondary N) is 1. The highest BCUT2D eigenvalue weighted by Gasteiger charge is 2.20. The molecule has 0 fully saturated rings. The van der Waals surface area contributed by atoms with Crippen LogP contribution in [0.1, 0.15) is 73.2 Å². The molecule has 3 nitrogen and oxygen atoms in total. The number of aromatic nitrogens is 2. The summed E-state index contributed by atoms with van der Waals surface area (Å²) in [5.41, 5.74) is 3.87. The summed E-state index contributed by atoms with van der Waals surface area (Å²) >= 11 is 0. The van der Waals surface area contributed by atoms with E-state index in [-0.39, 0.29) is 0 Å². The third-order valence-electron chi connectivity index (χ3n) is 5.01. The molecule has 148 valence electrons. The lowest BCUT2D eigenvalue weighted by molar-refractivity contribution is 0.456. The van der Waals surface area contributed by atoms with Gasteiger partial charge in [0.15, 0.2) is 0 Å². The molecule has 1 atom stereocenters. The van der Waals surface area contributed by atoms with E-state index in [0.717, 1.165) is 5.52 Å². The van der Waals surface area contributed by atoms with Crippen molar-refractivity contribution in [1.29, 1.82) is 0 Å². The zero-order valence-corrected chi connectivity index (χ0v) is 18.3. The van der Waals surface area contributed by atoms with E-state index in [4.69, 9.17) is 4.98 Å². The predicted octanol–water partition coefficient (Wildman–Crippen LogP) is 6.45. The van der Waals surface area contributed by atoms with E-state index in [9.17, 15) is 0 Å². The fourth-order valence-electron chi connectivity index (χ4n) is 3.66. The number of fused-ring (bicyclic) bond motifs is 1. The second-order valence-electron chi connectivity index (χ2n) is 8.65. The molecule has 0 spiro atoms. The van der Waals surface area contributed by atoms with Crippen molar-refractivity contribution in [2.45, 2.75) is 73.4 Å². The van der Waals surface area contributed by atoms with Crippen molar-refractivity contribution < 1.29 is 0 Å². The minimum atomic E-state index is 0.467. The SMILES string of the molecule is CC(C)C1=CC=CNC1C(C)C.CC(C)c1nc2ccccc2n1C(C)C. The van der Waals surface area contributed by atoms with E-state index in [2.05, 4.69) is 95.6 Å². The zero-order chi connectivity index (χ0) is 20.1. The summed E-state index contributed by atoms with van der Waals surface area (Å²) in [7, 11) is 0. The van der Waals surface area contributed by atoms with Gasteiger partial charge in [-0.05, 0) is 55.7 Å². The maximum absolute atomic E-state index is 4.70. The second kappa shape index (κ2) is 9.25. The van der Waals surface area contributed by atoms with Crippen molar-refractivity contribution in [3.8, 4) is 0 Å². The third-order valence-corrected chi connectivity index (χ3v) is 5.01. The van der Waals surface area contributed by atoms with Crippen LogP contribution in [0.5, 0.6) is 0 Å². The van der Waals surface area contributed by atoms with Gasteiger partial charge in [0.05, 0.1) is 11.0 Å². The number of dihydropyridines is 1. The number of allylic oxidation sites excluding steroid dienone is 2. The molecule has 0 saturated carbocycles. The third kappa shape index (κ3) is 5.03. The first-order valence-electron chi connectivity index (χ1n) is 10.3. The van der Waals surface area contributed by atoms with Crippen molar-refractivity contribution >= 4 is 11.0 Å². The first-order valence-corrected chi connectivity index (χ1v) is 10.3. The van der Waals surface area contributed by atoms with Crippen LogP contribution in [0.4, 0.5) is 0 Å². The van der Waals surface area contributed by atoms with Crippen molar-refractivity contribution in [3.05, 3.63) is 54.0 Å². The van der Waals surface area contributed by atoms with Crippen LogP contribution in [0.3, 0.4) is 0 Å². The van der Waals surface area contributed by atoms with Gasteiger partial charge in [-0.2, -0.15) is 0 Å². The largest absolute Gasteiger partial charge is 0.384 e. The number of imidazole rings is 1. The topological polar surface area (TPSA) is 29.9 Å². The lowest BCUT2D eigenvalue weighted by Gasteiger charge is -2.29. The van der Waals surface area contributed by atoms with Gasteiger partial charge >= 0.3 is 0 Å². The molecular weight excluding hydrogens is 330 g/mol. The molecule has 0 saturated heterocycles. The van der Waals surface area contributed by atoms with Crippen LogP contribution in [-0.4, -0.2) is 15.6 Å². The molecule has 0 bridgehead atoms. The van der Waals surface area contributed by atoms with E-state index < -0.39 is 0 Å². The predicted molar refractivity (Wildman–Crippen MR) is 118 cm³/mol. The van der Waals surface area contributed by atoms with Gasteiger partial charge in [0.1, 0.15) is 5.82 Å². The maximum atomic E-state index is 4.70. The zero-order valence-electron chi connectivity index (χ0n) is 18.3. The maximum Gasteiger partial charge on any atom is 0.112 e. The summed E-state index contributed by atoms with van der Waals surface area (Å²) in [4.78, 5) is 4.70. The Kier molecular flexibility index (Phi) is 7.29. The minimum Gasteiger partial charge on any atom is -0.384 e. The molecule has 1 aromatic carbocycles. The Morgan fingerprint density at radius 1 is 0.926 bits per heavy atom. The Morgan fingerprint density at radius 3 is 2.11 bits per heavy atom. The lowest BCUT2D eigenvalue weighted by atomic mass is 9.87. The summed E-state index contributed by atoms with van der Waals surface area (Å²) in [5.74, 6) is 2.98. The van der Waals surface area contributed by atoms with E-state index in [1.165, 1.54) is 16.9 Å². The Balaban J connectivity index is 0.000000199. The average molecular weight is 368 g/mol. The van der Waals surface area contributed by atoms with Gasteiger partial charge in [-0.1, -0.05) is 59.8 Å². The molecule has 1 N–H and O–H groups in total. The van der Waals surface area contributed by atoms with Gasteiger partial charge in [0.2, 0.25) is 0 Å². The molecule has 27 heavy (non-hydrogen) atoms. The summed E-state index contributed by atoms with van der Waals surface area (Å²) < 4.78 is 2.33. The van der Waals surface area contributed by atoms with Crippen LogP contribution in [0, 0.1) is 11.8 Å². The van der Waals surface area contributed by atoms with Crippen molar-refractivity contribution in [2.75, 3.05) is 0 Å². The quantitative estimate of drug-likeness (QED) is 0.673. The van der Waals surface area contributed by atoms with E-state index in [0.29, 0.717) is 29.8 Å². The normalized spacial score (nSPS) is 16.7. The highest BCUT2D eigenvalue weighted by molar-refractivity contribution is 5.76. The molecule has 3 heteroatoms. The van der Waals surface area contributed by atoms with E-state index >= 15 is 0 Å².